The number of aliphatic hydroxyl groups is 1. The van der Waals surface area contributed by atoms with Crippen LogP contribution < -0.4 is 0 Å². The highest BCUT2D eigenvalue weighted by Crippen LogP contribution is 2.38. The van der Waals surface area contributed by atoms with Gasteiger partial charge in [-0.15, -0.1) is 0 Å². The van der Waals surface area contributed by atoms with Gasteiger partial charge in [0.05, 0.1) is 12.1 Å². The molecule has 1 saturated heterocycles. The Kier molecular flexibility index (Phi) is 2.70. The molecule has 3 rings (SSSR count). The normalized spacial score (nSPS) is 25.3. The molecule has 0 radical (unpaired) electrons. The lowest BCUT2D eigenvalue weighted by Gasteiger charge is -2.30. The molecule has 1 aliphatic rings. The van der Waals surface area contributed by atoms with Crippen LogP contribution in [-0.2, 0) is 0 Å². The third-order valence-electron chi connectivity index (χ3n) is 4.63. The van der Waals surface area contributed by atoms with Crippen LogP contribution in [0.1, 0.15) is 31.1 Å². The number of hydrogen-bond donors (Lipinski definition) is 2. The Bertz CT molecular complexity index is 654. The van der Waals surface area contributed by atoms with E-state index in [1.54, 1.807) is 11.8 Å². The summed E-state index contributed by atoms with van der Waals surface area (Å²) < 4.78 is 0. The minimum absolute atomic E-state index is 0.0149. The Hall–Kier alpha value is -1.81. The van der Waals surface area contributed by atoms with Gasteiger partial charge in [-0.1, -0.05) is 13.8 Å². The van der Waals surface area contributed by atoms with Crippen molar-refractivity contribution in [3.63, 3.8) is 0 Å². The molecule has 2 N–H and O–H groups in total. The first-order valence-electron chi connectivity index (χ1n) is 6.89. The van der Waals surface area contributed by atoms with Crippen LogP contribution in [0, 0.1) is 5.41 Å². The number of nitrogens with zero attached hydrogens (tertiary/aromatic N) is 1. The predicted octanol–water partition coefficient (Wildman–Crippen LogP) is 2.40. The van der Waals surface area contributed by atoms with Crippen molar-refractivity contribution in [1.82, 2.24) is 9.88 Å². The second kappa shape index (κ2) is 4.09. The Morgan fingerprint density at radius 1 is 1.25 bits per heavy atom. The van der Waals surface area contributed by atoms with Crippen LogP contribution in [0.2, 0.25) is 0 Å². The number of H-pyrrole nitrogens is 1. The molecular formula is C16H20N2O2. The maximum atomic E-state index is 12.6. The molecule has 106 valence electrons. The quantitative estimate of drug-likeness (QED) is 0.837. The number of carbonyl (C=O) groups is 1. The molecule has 20 heavy (non-hydrogen) atoms. The topological polar surface area (TPSA) is 56.3 Å². The average molecular weight is 272 g/mol. The van der Waals surface area contributed by atoms with Crippen LogP contribution in [0.4, 0.5) is 0 Å². The number of rotatable bonds is 1. The van der Waals surface area contributed by atoms with E-state index in [9.17, 15) is 9.90 Å². The monoisotopic (exact) mass is 272 g/mol. The molecule has 1 fully saturated rings. The number of β-amino-alcohol motifs (C(OH)–C–C–N with tert-alkyl or cyclic N) is 1. The van der Waals surface area contributed by atoms with Crippen molar-refractivity contribution < 1.29 is 9.90 Å². The van der Waals surface area contributed by atoms with Gasteiger partial charge in [-0.2, -0.15) is 0 Å². The minimum atomic E-state index is -0.846. The number of fused-ring (bicyclic) bond motifs is 1. The fourth-order valence-corrected chi connectivity index (χ4v) is 2.80. The zero-order valence-corrected chi connectivity index (χ0v) is 12.1. The molecule has 1 amide bonds. The molecule has 0 bridgehead atoms. The van der Waals surface area contributed by atoms with Gasteiger partial charge in [0.25, 0.3) is 5.91 Å². The Morgan fingerprint density at radius 3 is 2.65 bits per heavy atom. The number of carbonyl (C=O) groups excluding carboxylic acids is 1. The van der Waals surface area contributed by atoms with E-state index < -0.39 is 5.60 Å². The number of aromatic nitrogens is 1. The number of hydrogen-bond acceptors (Lipinski definition) is 2. The van der Waals surface area contributed by atoms with Gasteiger partial charge in [0.15, 0.2) is 0 Å². The molecular weight excluding hydrogens is 252 g/mol. The van der Waals surface area contributed by atoms with Crippen molar-refractivity contribution in [2.24, 2.45) is 5.41 Å². The predicted molar refractivity (Wildman–Crippen MR) is 78.6 cm³/mol. The summed E-state index contributed by atoms with van der Waals surface area (Å²) in [6, 6.07) is 7.60. The SMILES string of the molecule is CC1(C)CN(C(=O)c2ccc3[nH]ccc3c2)CC1(C)O. The van der Waals surface area contributed by atoms with Crippen molar-refractivity contribution in [2.75, 3.05) is 13.1 Å². The van der Waals surface area contributed by atoms with E-state index >= 15 is 0 Å². The van der Waals surface area contributed by atoms with E-state index in [0.29, 0.717) is 18.7 Å². The van der Waals surface area contributed by atoms with Gasteiger partial charge in [-0.3, -0.25) is 4.79 Å². The first-order valence-corrected chi connectivity index (χ1v) is 6.89. The van der Waals surface area contributed by atoms with Gasteiger partial charge in [0.1, 0.15) is 0 Å². The van der Waals surface area contributed by atoms with Crippen molar-refractivity contribution in [2.45, 2.75) is 26.4 Å². The lowest BCUT2D eigenvalue weighted by molar-refractivity contribution is -0.0108. The molecule has 2 heterocycles. The van der Waals surface area contributed by atoms with E-state index in [2.05, 4.69) is 4.98 Å². The second-order valence-electron chi connectivity index (χ2n) is 6.60. The van der Waals surface area contributed by atoms with Crippen LogP contribution in [0.25, 0.3) is 10.9 Å². The second-order valence-corrected chi connectivity index (χ2v) is 6.60. The number of benzene rings is 1. The average Bonchev–Trinajstić information content (AvgIpc) is 2.90. The van der Waals surface area contributed by atoms with Gasteiger partial charge in [-0.05, 0) is 31.2 Å². The minimum Gasteiger partial charge on any atom is -0.388 e. The molecule has 0 saturated carbocycles. The zero-order chi connectivity index (χ0) is 14.5. The zero-order valence-electron chi connectivity index (χ0n) is 12.1. The van der Waals surface area contributed by atoms with E-state index in [1.165, 1.54) is 0 Å². The maximum Gasteiger partial charge on any atom is 0.253 e. The van der Waals surface area contributed by atoms with Gasteiger partial charge < -0.3 is 15.0 Å². The smallest absolute Gasteiger partial charge is 0.253 e. The summed E-state index contributed by atoms with van der Waals surface area (Å²) in [5.41, 5.74) is 0.558. The molecule has 0 aliphatic carbocycles. The molecule has 1 aromatic heterocycles. The fraction of sp³-hybridized carbons (Fsp3) is 0.438. The van der Waals surface area contributed by atoms with Gasteiger partial charge in [-0.25, -0.2) is 0 Å². The van der Waals surface area contributed by atoms with Crippen molar-refractivity contribution >= 4 is 16.8 Å². The highest BCUT2D eigenvalue weighted by Gasteiger charge is 2.49. The third-order valence-corrected chi connectivity index (χ3v) is 4.63. The molecule has 1 unspecified atom stereocenters. The molecule has 0 spiro atoms. The largest absolute Gasteiger partial charge is 0.388 e. The summed E-state index contributed by atoms with van der Waals surface area (Å²) in [4.78, 5) is 17.5. The summed E-state index contributed by atoms with van der Waals surface area (Å²) in [6.45, 7) is 6.74. The summed E-state index contributed by atoms with van der Waals surface area (Å²) in [7, 11) is 0. The fourth-order valence-electron chi connectivity index (χ4n) is 2.80. The number of likely N-dealkylation sites (tertiary alicyclic amines) is 1. The molecule has 4 nitrogen and oxygen atoms in total. The summed E-state index contributed by atoms with van der Waals surface area (Å²) >= 11 is 0. The highest BCUT2D eigenvalue weighted by atomic mass is 16.3. The van der Waals surface area contributed by atoms with Crippen LogP contribution in [0.3, 0.4) is 0 Å². The standard InChI is InChI=1S/C16H20N2O2/c1-15(2)9-18(10-16(15,3)20)14(19)12-4-5-13-11(8-12)6-7-17-13/h4-8,17,20H,9-10H2,1-3H3. The van der Waals surface area contributed by atoms with E-state index in [0.717, 1.165) is 10.9 Å². The van der Waals surface area contributed by atoms with E-state index in [1.807, 2.05) is 44.3 Å². The number of amides is 1. The summed E-state index contributed by atoms with van der Waals surface area (Å²) in [5.74, 6) is -0.0149. The molecule has 1 atom stereocenters. The molecule has 1 aromatic carbocycles. The van der Waals surface area contributed by atoms with Crippen LogP contribution in [0.5, 0.6) is 0 Å². The molecule has 2 aromatic rings. The van der Waals surface area contributed by atoms with Crippen LogP contribution >= 0.6 is 0 Å². The van der Waals surface area contributed by atoms with Gasteiger partial charge >= 0.3 is 0 Å². The lowest BCUT2D eigenvalue weighted by Crippen LogP contribution is -2.40. The Labute approximate surface area is 118 Å². The van der Waals surface area contributed by atoms with Crippen molar-refractivity contribution in [1.29, 1.82) is 0 Å². The van der Waals surface area contributed by atoms with Crippen LogP contribution in [-0.4, -0.2) is 39.6 Å². The summed E-state index contributed by atoms with van der Waals surface area (Å²) in [5, 5.41) is 11.5. The van der Waals surface area contributed by atoms with Gasteiger partial charge in [0, 0.05) is 34.6 Å². The number of nitrogens with one attached hydrogen (secondary N) is 1. The lowest BCUT2D eigenvalue weighted by atomic mass is 9.79. The third kappa shape index (κ3) is 1.91. The molecule has 4 heteroatoms. The van der Waals surface area contributed by atoms with Crippen molar-refractivity contribution in [3.05, 3.63) is 36.0 Å². The first-order chi connectivity index (χ1) is 9.30. The highest BCUT2D eigenvalue weighted by molar-refractivity contribution is 5.98. The van der Waals surface area contributed by atoms with Crippen LogP contribution in [0.15, 0.2) is 30.5 Å². The van der Waals surface area contributed by atoms with Crippen molar-refractivity contribution in [3.8, 4) is 0 Å². The summed E-state index contributed by atoms with van der Waals surface area (Å²) in [6.07, 6.45) is 1.86. The Balaban J connectivity index is 1.90. The van der Waals surface area contributed by atoms with E-state index in [4.69, 9.17) is 0 Å². The van der Waals surface area contributed by atoms with E-state index in [-0.39, 0.29) is 11.3 Å². The maximum absolute atomic E-state index is 12.6. The Morgan fingerprint density at radius 2 is 2.00 bits per heavy atom. The first kappa shape index (κ1) is 13.2. The number of aromatic amines is 1. The molecule has 1 aliphatic heterocycles. The van der Waals surface area contributed by atoms with Gasteiger partial charge in [0.2, 0.25) is 0 Å².